The average molecular weight is 423 g/mol. The fourth-order valence-corrected chi connectivity index (χ4v) is 0.246. The third kappa shape index (κ3) is 70.9. The Kier molecular flexibility index (Phi) is 295. The van der Waals surface area contributed by atoms with Crippen LogP contribution in [0.25, 0.3) is 0 Å². The zero-order valence-electron chi connectivity index (χ0n) is 10.9. The van der Waals surface area contributed by atoms with Gasteiger partial charge in [0.2, 0.25) is 0 Å². The first-order chi connectivity index (χ1) is 5.20. The molecule has 0 spiro atoms. The minimum absolute atomic E-state index is 0. The summed E-state index contributed by atoms with van der Waals surface area (Å²) in [6.45, 7) is 0. The molecule has 0 aromatic heterocycles. The second-order valence-electron chi connectivity index (χ2n) is 1.18. The molecule has 0 aliphatic heterocycles. The molecule has 0 aromatic rings. The summed E-state index contributed by atoms with van der Waals surface area (Å²) in [6, 6.07) is 0. The molecule has 0 rings (SSSR count). The van der Waals surface area contributed by atoms with E-state index < -0.39 is 14.6 Å². The molecule has 0 aromatic carbocycles. The third-order valence-electron chi connectivity index (χ3n) is 0.556. The molecule has 136 valence electrons. The van der Waals surface area contributed by atoms with E-state index in [-0.39, 0.29) is 115 Å². The van der Waals surface area contributed by atoms with Crippen molar-refractivity contribution in [3.05, 3.63) is 0 Å². The van der Waals surface area contributed by atoms with E-state index in [2.05, 4.69) is 13.7 Å². The van der Waals surface area contributed by atoms with Gasteiger partial charge in [-0.2, -0.15) is 0 Å². The smallest absolute Gasteiger partial charge is 2.00 e. The Morgan fingerprint density at radius 2 is 0.773 bits per heavy atom. The largest absolute Gasteiger partial charge is 2.00 e. The zero-order valence-corrected chi connectivity index (χ0v) is 14.4. The van der Waals surface area contributed by atoms with Crippen LogP contribution in [0.4, 0.5) is 0 Å². The molecule has 0 saturated carbocycles. The Bertz CT molecular complexity index is 120. The maximum atomic E-state index is 10.1. The van der Waals surface area contributed by atoms with Gasteiger partial charge in [0.25, 0.3) is 0 Å². The van der Waals surface area contributed by atoms with Crippen LogP contribution < -0.4 is 10.0 Å². The molecule has 0 fully saturated rings. The molecule has 22 heteroatoms. The summed E-state index contributed by atoms with van der Waals surface area (Å²) in [4.78, 5) is 0. The van der Waals surface area contributed by atoms with Crippen molar-refractivity contribution in [1.82, 2.24) is 0 Å². The van der Waals surface area contributed by atoms with Crippen LogP contribution >= 0.6 is 0 Å². The Morgan fingerprint density at radius 1 is 0.591 bits per heavy atom. The first-order valence-corrected chi connectivity index (χ1v) is 2.36. The van der Waals surface area contributed by atoms with Gasteiger partial charge < -0.3 is 54.8 Å². The van der Waals surface area contributed by atoms with Crippen molar-refractivity contribution in [3.63, 3.8) is 0 Å². The fourth-order valence-electron chi connectivity index (χ4n) is 0.246. The second-order valence-corrected chi connectivity index (χ2v) is 1.18. The quantitative estimate of drug-likeness (QED) is 0.370. The van der Waals surface area contributed by atoms with Gasteiger partial charge in [0, 0.05) is 0 Å². The molecule has 22 heavy (non-hydrogen) atoms. The summed E-state index contributed by atoms with van der Waals surface area (Å²) in [5, 5.41) is 20.3. The summed E-state index contributed by atoms with van der Waals surface area (Å²) < 4.78 is 29.8. The molecule has 0 bridgehead atoms. The standard InChI is InChI=1S/B4O7.10H2O.Sr/c5-1-9-3(7)11-4(8)10-2-6;;;;;;;;;;;/h;10*1H2;/q-2;;;;;;;;;;;+2. The minimum atomic E-state index is -2.27. The molecule has 0 saturated heterocycles. The summed E-state index contributed by atoms with van der Waals surface area (Å²) in [6.07, 6.45) is 0. The Hall–Kier alpha value is 0.420. The first kappa shape index (κ1) is 94.7. The van der Waals surface area contributed by atoms with Crippen molar-refractivity contribution < 1.29 is 87.9 Å². The zero-order chi connectivity index (χ0) is 8.69. The van der Waals surface area contributed by atoms with E-state index in [0.29, 0.717) is 0 Å². The van der Waals surface area contributed by atoms with Crippen LogP contribution in [0.2, 0.25) is 0 Å². The van der Waals surface area contributed by atoms with E-state index in [1.54, 1.807) is 0 Å². The van der Waals surface area contributed by atoms with Crippen LogP contribution in [0, 0.1) is 0 Å². The van der Waals surface area contributed by atoms with Gasteiger partial charge in [-0.05, 0) is 0 Å². The van der Waals surface area contributed by atoms with Gasteiger partial charge in [-0.25, -0.2) is 0 Å². The second kappa shape index (κ2) is 68.5. The maximum absolute atomic E-state index is 10.1. The van der Waals surface area contributed by atoms with Crippen LogP contribution in [0.15, 0.2) is 0 Å². The summed E-state index contributed by atoms with van der Waals surface area (Å²) in [7, 11) is -4.92. The van der Waals surface area contributed by atoms with Gasteiger partial charge in [-0.15, -0.1) is 0 Å². The molecule has 0 aliphatic rings. The topological polar surface area (TPSA) is 423 Å². The monoisotopic (exact) mass is 424 g/mol. The van der Waals surface area contributed by atoms with Crippen LogP contribution in [-0.4, -0.2) is 130 Å². The maximum Gasteiger partial charge on any atom is 2.00 e. The molecule has 0 radical (unpaired) electrons. The van der Waals surface area contributed by atoms with Gasteiger partial charge in [-0.1, -0.05) is 0 Å². The number of hydrogen-bond acceptors (Lipinski definition) is 7. The van der Waals surface area contributed by atoms with Crippen molar-refractivity contribution in [2.45, 2.75) is 0 Å². The fraction of sp³-hybridized carbons (Fsp3) is 0. The van der Waals surface area contributed by atoms with E-state index in [0.717, 1.165) is 0 Å². The Morgan fingerprint density at radius 3 is 0.909 bits per heavy atom. The summed E-state index contributed by atoms with van der Waals surface area (Å²) >= 11 is 0. The van der Waals surface area contributed by atoms with Gasteiger partial charge in [0.1, 0.15) is 0 Å². The van der Waals surface area contributed by atoms with Crippen molar-refractivity contribution >= 4 is 74.8 Å². The molecule has 17 nitrogen and oxygen atoms in total. The van der Waals surface area contributed by atoms with Gasteiger partial charge >= 0.3 is 108 Å². The van der Waals surface area contributed by atoms with Crippen LogP contribution in [0.1, 0.15) is 0 Å². The summed E-state index contributed by atoms with van der Waals surface area (Å²) in [5.41, 5.74) is 0. The SMILES string of the molecule is O.O.O.O.O.O.O.O.O.O.O=BOB([O-])OB([O-])OB=O.[Sr+2]. The average Bonchev–Trinajstić information content (AvgIpc) is 1.87. The van der Waals surface area contributed by atoms with E-state index in [1.807, 2.05) is 0 Å². The molecule has 0 amide bonds. The van der Waals surface area contributed by atoms with E-state index in [4.69, 9.17) is 0 Å². The Labute approximate surface area is 162 Å². The van der Waals surface area contributed by atoms with Crippen molar-refractivity contribution in [2.24, 2.45) is 0 Å². The summed E-state index contributed by atoms with van der Waals surface area (Å²) in [5.74, 6) is 0. The van der Waals surface area contributed by atoms with E-state index in [9.17, 15) is 19.5 Å². The van der Waals surface area contributed by atoms with E-state index in [1.165, 1.54) is 0 Å². The van der Waals surface area contributed by atoms with Gasteiger partial charge in [0.15, 0.2) is 0 Å². The molecule has 0 aliphatic carbocycles. The number of hydrogen-bond donors (Lipinski definition) is 0. The molecule has 0 heterocycles. The van der Waals surface area contributed by atoms with Crippen LogP contribution in [0.5, 0.6) is 0 Å². The van der Waals surface area contributed by atoms with Crippen molar-refractivity contribution in [3.8, 4) is 0 Å². The van der Waals surface area contributed by atoms with Gasteiger partial charge in [-0.3, -0.25) is 0 Å². The molecule has 20 N–H and O–H groups in total. The van der Waals surface area contributed by atoms with Crippen molar-refractivity contribution in [2.75, 3.05) is 0 Å². The Balaban J connectivity index is -0.00000000909. The van der Waals surface area contributed by atoms with Gasteiger partial charge in [0.05, 0.1) is 0 Å². The van der Waals surface area contributed by atoms with Crippen LogP contribution in [-0.2, 0) is 23.1 Å². The van der Waals surface area contributed by atoms with Crippen molar-refractivity contribution in [1.29, 1.82) is 0 Å². The molecular weight excluding hydrogens is 403 g/mol. The first-order valence-electron chi connectivity index (χ1n) is 2.36. The molecule has 0 unspecified atom stereocenters. The predicted molar refractivity (Wildman–Crippen MR) is 69.5 cm³/mol. The van der Waals surface area contributed by atoms with E-state index >= 15 is 0 Å². The molecular formula is H20B4O17Sr. The minimum Gasteiger partial charge on any atom is 2.00 e. The van der Waals surface area contributed by atoms with Crippen LogP contribution in [0.3, 0.4) is 0 Å². The third-order valence-corrected chi connectivity index (χ3v) is 0.556. The normalized spacial score (nSPS) is 3.73. The number of rotatable bonds is 6. The predicted octanol–water partition coefficient (Wildman–Crippen LogP) is -13.0. The molecule has 0 atom stereocenters.